The van der Waals surface area contributed by atoms with Crippen molar-refractivity contribution in [3.63, 3.8) is 0 Å². The molecule has 3 aliphatic rings. The Morgan fingerprint density at radius 1 is 1.00 bits per heavy atom. The molecule has 3 atom stereocenters. The first-order valence-corrected chi connectivity index (χ1v) is 15.3. The van der Waals surface area contributed by atoms with Gasteiger partial charge in [-0.1, -0.05) is 67.9 Å². The second-order valence-corrected chi connectivity index (χ2v) is 11.4. The molecular formula is C35H47N3O4. The van der Waals surface area contributed by atoms with Gasteiger partial charge in [0.25, 0.3) is 5.91 Å². The standard InChI is InChI=1S/C33H37N3O4.C2H6.2H2/c1-21-7-9-22(10-8-21)19-34-25-11-14-30-28(17-25)33(38)36(2)29-13-12-27(40-31(29)20-39-30)18-32(37)35-26-15-23-5-3-4-6-24(23)16-26;1-2;;/h3-11,14,17,26-27,29,31,34H,12-13,15-16,18-20H2,1-2H3,(H,35,37);1-2H3;2*1H/t27-,29-,31-;;;/m0.../s1. The summed E-state index contributed by atoms with van der Waals surface area (Å²) in [6, 6.07) is 22.5. The molecule has 2 amide bonds. The Balaban J connectivity index is 0.00000130. The number of benzene rings is 3. The lowest BCUT2D eigenvalue weighted by atomic mass is 9.94. The lowest BCUT2D eigenvalue weighted by Crippen LogP contribution is -2.54. The van der Waals surface area contributed by atoms with E-state index in [9.17, 15) is 9.59 Å². The maximum Gasteiger partial charge on any atom is 0.257 e. The fourth-order valence-electron chi connectivity index (χ4n) is 6.20. The van der Waals surface area contributed by atoms with Gasteiger partial charge in [-0.3, -0.25) is 9.59 Å². The molecule has 7 heteroatoms. The van der Waals surface area contributed by atoms with Crippen LogP contribution < -0.4 is 15.4 Å². The summed E-state index contributed by atoms with van der Waals surface area (Å²) >= 11 is 0. The first-order valence-electron chi connectivity index (χ1n) is 15.3. The second kappa shape index (κ2) is 13.4. The first kappa shape index (κ1) is 29.6. The van der Waals surface area contributed by atoms with Crippen LogP contribution in [0.1, 0.15) is 68.6 Å². The van der Waals surface area contributed by atoms with Crippen LogP contribution in [-0.4, -0.2) is 54.7 Å². The smallest absolute Gasteiger partial charge is 0.257 e. The summed E-state index contributed by atoms with van der Waals surface area (Å²) in [4.78, 5) is 28.2. The Bertz CT molecular complexity index is 1380. The van der Waals surface area contributed by atoms with Crippen LogP contribution in [-0.2, 0) is 28.9 Å². The molecule has 0 radical (unpaired) electrons. The third-order valence-corrected chi connectivity index (χ3v) is 8.46. The van der Waals surface area contributed by atoms with E-state index in [1.165, 1.54) is 22.3 Å². The number of hydrogen-bond acceptors (Lipinski definition) is 5. The molecule has 1 saturated heterocycles. The number of carbonyl (C=O) groups is 2. The fraction of sp³-hybridized carbons (Fsp3) is 0.429. The van der Waals surface area contributed by atoms with Crippen molar-refractivity contribution in [2.75, 3.05) is 19.0 Å². The monoisotopic (exact) mass is 573 g/mol. The van der Waals surface area contributed by atoms with Crippen LogP contribution in [0.5, 0.6) is 5.75 Å². The Morgan fingerprint density at radius 3 is 2.43 bits per heavy atom. The number of aryl methyl sites for hydroxylation is 1. The van der Waals surface area contributed by atoms with E-state index in [0.717, 1.165) is 31.4 Å². The van der Waals surface area contributed by atoms with Crippen molar-refractivity contribution in [1.82, 2.24) is 10.2 Å². The van der Waals surface area contributed by atoms with Gasteiger partial charge in [0.05, 0.1) is 24.1 Å². The normalized spacial score (nSPS) is 21.4. The van der Waals surface area contributed by atoms with Crippen LogP contribution in [0.25, 0.3) is 0 Å². The van der Waals surface area contributed by atoms with Crippen molar-refractivity contribution in [2.45, 2.75) is 83.7 Å². The molecule has 0 spiro atoms. The van der Waals surface area contributed by atoms with Crippen molar-refractivity contribution in [3.8, 4) is 5.75 Å². The van der Waals surface area contributed by atoms with E-state index >= 15 is 0 Å². The average molecular weight is 574 g/mol. The van der Waals surface area contributed by atoms with E-state index in [4.69, 9.17) is 9.47 Å². The van der Waals surface area contributed by atoms with Gasteiger partial charge in [0.2, 0.25) is 5.91 Å². The van der Waals surface area contributed by atoms with Crippen LogP contribution in [0.3, 0.4) is 0 Å². The maximum absolute atomic E-state index is 13.6. The molecule has 0 unspecified atom stereocenters. The Labute approximate surface area is 252 Å². The van der Waals surface area contributed by atoms with Gasteiger partial charge >= 0.3 is 0 Å². The number of rotatable bonds is 6. The highest BCUT2D eigenvalue weighted by Gasteiger charge is 2.39. The molecule has 2 heterocycles. The minimum absolute atomic E-state index is 0. The minimum atomic E-state index is -0.288. The summed E-state index contributed by atoms with van der Waals surface area (Å²) in [7, 11) is 1.84. The molecule has 42 heavy (non-hydrogen) atoms. The quantitative estimate of drug-likeness (QED) is 0.368. The van der Waals surface area contributed by atoms with E-state index in [2.05, 4.69) is 66.1 Å². The number of likely N-dealkylation sites (N-methyl/N-ethyl adjacent to an activating group) is 1. The number of amides is 2. The number of hydrogen-bond donors (Lipinski definition) is 2. The molecule has 2 N–H and O–H groups in total. The van der Waals surface area contributed by atoms with Gasteiger partial charge in [-0.15, -0.1) is 0 Å². The number of anilines is 1. The van der Waals surface area contributed by atoms with Crippen LogP contribution in [0.15, 0.2) is 66.7 Å². The Hall–Kier alpha value is -3.84. The largest absolute Gasteiger partial charge is 0.490 e. The molecule has 226 valence electrons. The molecule has 0 saturated carbocycles. The second-order valence-electron chi connectivity index (χ2n) is 11.4. The third kappa shape index (κ3) is 6.79. The van der Waals surface area contributed by atoms with Gasteiger partial charge in [0.1, 0.15) is 18.5 Å². The van der Waals surface area contributed by atoms with E-state index in [-0.39, 0.29) is 39.0 Å². The molecule has 0 bridgehead atoms. The molecule has 0 aromatic heterocycles. The van der Waals surface area contributed by atoms with Gasteiger partial charge in [-0.2, -0.15) is 0 Å². The Kier molecular flexibility index (Phi) is 9.48. The zero-order chi connectivity index (χ0) is 29.6. The summed E-state index contributed by atoms with van der Waals surface area (Å²) in [6.45, 7) is 7.08. The van der Waals surface area contributed by atoms with E-state index in [1.54, 1.807) is 4.90 Å². The van der Waals surface area contributed by atoms with Crippen LogP contribution >= 0.6 is 0 Å². The maximum atomic E-state index is 13.6. The van der Waals surface area contributed by atoms with Crippen LogP contribution in [0, 0.1) is 6.92 Å². The lowest BCUT2D eigenvalue weighted by Gasteiger charge is -2.42. The number of ether oxygens (including phenoxy) is 2. The minimum Gasteiger partial charge on any atom is -0.490 e. The highest BCUT2D eigenvalue weighted by molar-refractivity contribution is 5.98. The summed E-state index contributed by atoms with van der Waals surface area (Å²) in [5, 5.41) is 6.63. The van der Waals surface area contributed by atoms with Crippen molar-refractivity contribution < 1.29 is 21.9 Å². The molecule has 1 fully saturated rings. The van der Waals surface area contributed by atoms with Crippen molar-refractivity contribution in [3.05, 3.63) is 94.5 Å². The highest BCUT2D eigenvalue weighted by Crippen LogP contribution is 2.33. The molecule has 3 aromatic rings. The zero-order valence-electron chi connectivity index (χ0n) is 25.2. The van der Waals surface area contributed by atoms with Gasteiger partial charge in [0, 0.05) is 28.2 Å². The first-order chi connectivity index (χ1) is 20.4. The average Bonchev–Trinajstić information content (AvgIpc) is 3.42. The predicted octanol–water partition coefficient (Wildman–Crippen LogP) is 6.18. The fourth-order valence-corrected chi connectivity index (χ4v) is 6.20. The molecule has 2 aliphatic heterocycles. The number of nitrogens with zero attached hydrogens (tertiary/aromatic N) is 1. The summed E-state index contributed by atoms with van der Waals surface area (Å²) in [6.07, 6.45) is 3.09. The number of fused-ring (bicyclic) bond motifs is 3. The van der Waals surface area contributed by atoms with Crippen LogP contribution in [0.4, 0.5) is 5.69 Å². The number of carbonyl (C=O) groups excluding carboxylic acids is 2. The van der Waals surface area contributed by atoms with Crippen molar-refractivity contribution in [1.29, 1.82) is 0 Å². The van der Waals surface area contributed by atoms with Crippen molar-refractivity contribution >= 4 is 17.5 Å². The highest BCUT2D eigenvalue weighted by atomic mass is 16.5. The third-order valence-electron chi connectivity index (χ3n) is 8.46. The van der Waals surface area contributed by atoms with E-state index in [1.807, 2.05) is 39.1 Å². The summed E-state index contributed by atoms with van der Waals surface area (Å²) < 4.78 is 12.5. The van der Waals surface area contributed by atoms with Gasteiger partial charge in [-0.25, -0.2) is 0 Å². The molecule has 1 aliphatic carbocycles. The molecule has 3 aromatic carbocycles. The van der Waals surface area contributed by atoms with Gasteiger partial charge < -0.3 is 25.0 Å². The lowest BCUT2D eigenvalue weighted by molar-refractivity contribution is -0.134. The van der Waals surface area contributed by atoms with Gasteiger partial charge in [-0.05, 0) is 67.5 Å². The van der Waals surface area contributed by atoms with Gasteiger partial charge in [0.15, 0.2) is 0 Å². The van der Waals surface area contributed by atoms with E-state index in [0.29, 0.717) is 30.9 Å². The Morgan fingerprint density at radius 2 is 1.71 bits per heavy atom. The topological polar surface area (TPSA) is 79.9 Å². The summed E-state index contributed by atoms with van der Waals surface area (Å²) in [5.74, 6) is 0.498. The molecule has 6 rings (SSSR count). The summed E-state index contributed by atoms with van der Waals surface area (Å²) in [5.41, 5.74) is 6.46. The van der Waals surface area contributed by atoms with E-state index < -0.39 is 0 Å². The van der Waals surface area contributed by atoms with Crippen molar-refractivity contribution in [2.24, 2.45) is 0 Å². The SMILES string of the molecule is CC.Cc1ccc(CNc2ccc3c(c2)C(=O)N(C)[C@H]2CC[C@@H](CC(=O)NC4Cc5ccccc5C4)O[C@H]2CO3)cc1.[HH].[HH]. The molecular weight excluding hydrogens is 526 g/mol. The molecule has 7 nitrogen and oxygen atoms in total. The number of nitrogens with one attached hydrogen (secondary N) is 2. The van der Waals surface area contributed by atoms with Crippen LogP contribution in [0.2, 0.25) is 0 Å². The predicted molar refractivity (Wildman–Crippen MR) is 170 cm³/mol. The zero-order valence-corrected chi connectivity index (χ0v) is 25.2.